The van der Waals surface area contributed by atoms with Gasteiger partial charge in [-0.05, 0) is 53.9 Å². The van der Waals surface area contributed by atoms with Crippen LogP contribution >= 0.6 is 43.2 Å². The number of hydrogen-bond donors (Lipinski definition) is 0. The Hall–Kier alpha value is -1.68. The summed E-state index contributed by atoms with van der Waals surface area (Å²) in [5.74, 6) is 0. The molecule has 0 aliphatic heterocycles. The van der Waals surface area contributed by atoms with Crippen LogP contribution in [0.3, 0.4) is 0 Å². The van der Waals surface area contributed by atoms with Crippen LogP contribution in [0.1, 0.15) is 5.56 Å². The zero-order chi connectivity index (χ0) is 18.1. The molecular weight excluding hydrogens is 468 g/mol. The molecule has 0 amide bonds. The van der Waals surface area contributed by atoms with Crippen LogP contribution in [-0.2, 0) is 0 Å². The van der Waals surface area contributed by atoms with Gasteiger partial charge in [-0.25, -0.2) is 0 Å². The molecule has 4 aromatic rings. The number of thiophene rings is 1. The predicted octanol–water partition coefficient (Wildman–Crippen LogP) is 8.58. The van der Waals surface area contributed by atoms with E-state index in [0.717, 1.165) is 8.95 Å². The fourth-order valence-electron chi connectivity index (χ4n) is 2.91. The predicted molar refractivity (Wildman–Crippen MR) is 121 cm³/mol. The molecule has 26 heavy (non-hydrogen) atoms. The molecule has 128 valence electrons. The summed E-state index contributed by atoms with van der Waals surface area (Å²) in [6, 6.07) is 28.2. The van der Waals surface area contributed by atoms with Crippen LogP contribution in [0.4, 0.5) is 0 Å². The molecule has 0 fully saturated rings. The average molecular weight is 484 g/mol. The number of aryl methyl sites for hydroxylation is 1. The van der Waals surface area contributed by atoms with E-state index in [1.165, 1.54) is 37.6 Å². The SMILES string of the molecule is Cc1ccc(-c2cc(-c3ccc(Br)cc3)c(-c3ccc(Br)cc3)s2)cc1. The monoisotopic (exact) mass is 482 g/mol. The highest BCUT2D eigenvalue weighted by Gasteiger charge is 2.14. The van der Waals surface area contributed by atoms with E-state index in [9.17, 15) is 0 Å². The van der Waals surface area contributed by atoms with Crippen molar-refractivity contribution in [1.82, 2.24) is 0 Å². The first kappa shape index (κ1) is 17.7. The van der Waals surface area contributed by atoms with Crippen molar-refractivity contribution in [2.24, 2.45) is 0 Å². The van der Waals surface area contributed by atoms with Crippen molar-refractivity contribution in [3.63, 3.8) is 0 Å². The van der Waals surface area contributed by atoms with Crippen molar-refractivity contribution in [2.45, 2.75) is 6.92 Å². The Kier molecular flexibility index (Phi) is 5.12. The average Bonchev–Trinajstić information content (AvgIpc) is 3.09. The molecule has 3 aromatic carbocycles. The van der Waals surface area contributed by atoms with Gasteiger partial charge in [0, 0.05) is 24.3 Å². The minimum atomic E-state index is 1.10. The van der Waals surface area contributed by atoms with E-state index < -0.39 is 0 Å². The van der Waals surface area contributed by atoms with Crippen LogP contribution in [-0.4, -0.2) is 0 Å². The third kappa shape index (κ3) is 3.71. The molecule has 0 radical (unpaired) electrons. The molecule has 0 unspecified atom stereocenters. The lowest BCUT2D eigenvalue weighted by Gasteiger charge is -2.05. The molecule has 0 saturated heterocycles. The minimum absolute atomic E-state index is 1.10. The second-order valence-corrected chi connectivity index (χ2v) is 9.12. The van der Waals surface area contributed by atoms with Gasteiger partial charge in [0.05, 0.1) is 0 Å². The first-order valence-corrected chi connectivity index (χ1v) is 10.7. The minimum Gasteiger partial charge on any atom is -0.135 e. The normalized spacial score (nSPS) is 10.9. The third-order valence-electron chi connectivity index (χ3n) is 4.33. The van der Waals surface area contributed by atoms with Crippen molar-refractivity contribution in [2.75, 3.05) is 0 Å². The van der Waals surface area contributed by atoms with Crippen LogP contribution in [0.25, 0.3) is 32.0 Å². The Morgan fingerprint density at radius 1 is 0.615 bits per heavy atom. The van der Waals surface area contributed by atoms with Gasteiger partial charge in [-0.1, -0.05) is 86.0 Å². The summed E-state index contributed by atoms with van der Waals surface area (Å²) in [4.78, 5) is 2.59. The number of benzene rings is 3. The van der Waals surface area contributed by atoms with E-state index in [0.29, 0.717) is 0 Å². The molecule has 0 N–H and O–H groups in total. The van der Waals surface area contributed by atoms with Crippen molar-refractivity contribution in [1.29, 1.82) is 0 Å². The summed E-state index contributed by atoms with van der Waals surface area (Å²) in [6.45, 7) is 2.12. The molecule has 0 aliphatic carbocycles. The van der Waals surface area contributed by atoms with E-state index in [1.807, 2.05) is 11.3 Å². The highest BCUT2D eigenvalue weighted by atomic mass is 79.9. The quantitative estimate of drug-likeness (QED) is 0.273. The van der Waals surface area contributed by atoms with Gasteiger partial charge in [0.25, 0.3) is 0 Å². The molecule has 1 aromatic heterocycles. The fraction of sp³-hybridized carbons (Fsp3) is 0.0435. The zero-order valence-corrected chi connectivity index (χ0v) is 18.2. The molecule has 0 nitrogen and oxygen atoms in total. The van der Waals surface area contributed by atoms with Gasteiger partial charge < -0.3 is 0 Å². The van der Waals surface area contributed by atoms with Gasteiger partial charge in [-0.3, -0.25) is 0 Å². The van der Waals surface area contributed by atoms with Crippen molar-refractivity contribution in [3.8, 4) is 32.0 Å². The summed E-state index contributed by atoms with van der Waals surface area (Å²) >= 11 is 8.92. The maximum absolute atomic E-state index is 3.54. The first-order valence-electron chi connectivity index (χ1n) is 8.33. The van der Waals surface area contributed by atoms with Crippen LogP contribution in [0.15, 0.2) is 87.8 Å². The van der Waals surface area contributed by atoms with Crippen molar-refractivity contribution < 1.29 is 0 Å². The number of halogens is 2. The third-order valence-corrected chi connectivity index (χ3v) is 6.62. The van der Waals surface area contributed by atoms with Gasteiger partial charge in [-0.2, -0.15) is 0 Å². The summed E-state index contributed by atoms with van der Waals surface area (Å²) in [5.41, 5.74) is 6.31. The number of hydrogen-bond acceptors (Lipinski definition) is 1. The lowest BCUT2D eigenvalue weighted by Crippen LogP contribution is -1.79. The molecule has 0 spiro atoms. The Morgan fingerprint density at radius 3 is 1.69 bits per heavy atom. The van der Waals surface area contributed by atoms with Gasteiger partial charge >= 0.3 is 0 Å². The molecule has 0 aliphatic rings. The highest BCUT2D eigenvalue weighted by Crippen LogP contribution is 2.43. The van der Waals surface area contributed by atoms with E-state index in [1.54, 1.807) is 0 Å². The fourth-order valence-corrected chi connectivity index (χ4v) is 4.63. The van der Waals surface area contributed by atoms with E-state index in [4.69, 9.17) is 0 Å². The van der Waals surface area contributed by atoms with Gasteiger partial charge in [0.15, 0.2) is 0 Å². The van der Waals surface area contributed by atoms with Crippen LogP contribution < -0.4 is 0 Å². The summed E-state index contributed by atoms with van der Waals surface area (Å²) in [5, 5.41) is 0. The molecular formula is C23H16Br2S. The van der Waals surface area contributed by atoms with Crippen molar-refractivity contribution >= 4 is 43.2 Å². The van der Waals surface area contributed by atoms with Gasteiger partial charge in [-0.15, -0.1) is 11.3 Å². The second kappa shape index (κ2) is 7.51. The van der Waals surface area contributed by atoms with E-state index in [2.05, 4.69) is 118 Å². The lowest BCUT2D eigenvalue weighted by atomic mass is 10.0. The van der Waals surface area contributed by atoms with Crippen LogP contribution in [0.5, 0.6) is 0 Å². The first-order chi connectivity index (χ1) is 12.6. The molecule has 3 heteroatoms. The molecule has 0 bridgehead atoms. The molecule has 0 saturated carbocycles. The van der Waals surface area contributed by atoms with Crippen LogP contribution in [0.2, 0.25) is 0 Å². The highest BCUT2D eigenvalue weighted by molar-refractivity contribution is 9.10. The topological polar surface area (TPSA) is 0 Å². The molecule has 1 heterocycles. The molecule has 0 atom stereocenters. The summed E-state index contributed by atoms with van der Waals surface area (Å²) in [7, 11) is 0. The standard InChI is InChI=1S/C23H16Br2S/c1-15-2-4-17(5-3-15)22-14-21(16-6-10-19(24)11-7-16)23(26-22)18-8-12-20(25)13-9-18/h2-14H,1H3. The maximum Gasteiger partial charge on any atom is 0.0427 e. The Labute approximate surface area is 174 Å². The zero-order valence-electron chi connectivity index (χ0n) is 14.2. The van der Waals surface area contributed by atoms with Crippen LogP contribution in [0, 0.1) is 6.92 Å². The smallest absolute Gasteiger partial charge is 0.0427 e. The largest absolute Gasteiger partial charge is 0.135 e. The van der Waals surface area contributed by atoms with Crippen molar-refractivity contribution in [3.05, 3.63) is 93.4 Å². The lowest BCUT2D eigenvalue weighted by molar-refractivity contribution is 1.48. The Balaban J connectivity index is 1.88. The Morgan fingerprint density at radius 2 is 1.12 bits per heavy atom. The van der Waals surface area contributed by atoms with E-state index in [-0.39, 0.29) is 0 Å². The van der Waals surface area contributed by atoms with E-state index >= 15 is 0 Å². The second-order valence-electron chi connectivity index (χ2n) is 6.23. The molecule has 4 rings (SSSR count). The number of rotatable bonds is 3. The van der Waals surface area contributed by atoms with Gasteiger partial charge in [0.1, 0.15) is 0 Å². The Bertz CT molecular complexity index is 964. The summed E-state index contributed by atoms with van der Waals surface area (Å²) in [6.07, 6.45) is 0. The summed E-state index contributed by atoms with van der Waals surface area (Å²) < 4.78 is 2.20. The van der Waals surface area contributed by atoms with Gasteiger partial charge in [0.2, 0.25) is 0 Å². The maximum atomic E-state index is 3.54.